The molecule has 3 heteroatoms. The Hall–Kier alpha value is -2.39. The molecule has 0 aliphatic carbocycles. The largest absolute Gasteiger partial charge is 0.456 e. The summed E-state index contributed by atoms with van der Waals surface area (Å²) < 4.78 is 6.01. The number of nitrogens with two attached hydrogens (primary N) is 1. The second kappa shape index (κ2) is 5.54. The number of hydrogen-bond acceptors (Lipinski definition) is 3. The van der Waals surface area contributed by atoms with Gasteiger partial charge in [-0.15, -0.1) is 0 Å². The minimum absolute atomic E-state index is 0.00741. The average molecular weight is 279 g/mol. The molecule has 0 aliphatic heterocycles. The zero-order chi connectivity index (χ0) is 14.8. The van der Waals surface area contributed by atoms with Gasteiger partial charge in [-0.3, -0.25) is 4.79 Å². The minimum atomic E-state index is -0.100. The van der Waals surface area contributed by atoms with Gasteiger partial charge in [0.2, 0.25) is 0 Å². The molecule has 2 N–H and O–H groups in total. The third-order valence-corrected chi connectivity index (χ3v) is 3.45. The Bertz CT molecular complexity index is 819. The SMILES string of the molecule is CC(N)Cc1c(-c2ccccc2)oc2ccccc2c1=O. The summed E-state index contributed by atoms with van der Waals surface area (Å²) in [4.78, 5) is 12.7. The van der Waals surface area contributed by atoms with Crippen molar-refractivity contribution < 1.29 is 4.42 Å². The van der Waals surface area contributed by atoms with Crippen LogP contribution in [0.5, 0.6) is 0 Å². The Morgan fingerprint density at radius 3 is 2.43 bits per heavy atom. The van der Waals surface area contributed by atoms with Gasteiger partial charge in [0.15, 0.2) is 5.43 Å². The molecule has 0 spiro atoms. The molecule has 21 heavy (non-hydrogen) atoms. The number of benzene rings is 2. The Kier molecular flexibility index (Phi) is 3.59. The van der Waals surface area contributed by atoms with Crippen molar-refractivity contribution in [2.75, 3.05) is 0 Å². The molecule has 3 rings (SSSR count). The molecule has 3 nitrogen and oxygen atoms in total. The lowest BCUT2D eigenvalue weighted by Crippen LogP contribution is -2.23. The highest BCUT2D eigenvalue weighted by atomic mass is 16.3. The van der Waals surface area contributed by atoms with Gasteiger partial charge in [0, 0.05) is 17.2 Å². The van der Waals surface area contributed by atoms with Gasteiger partial charge in [-0.1, -0.05) is 42.5 Å². The van der Waals surface area contributed by atoms with E-state index in [0.29, 0.717) is 28.7 Å². The third-order valence-electron chi connectivity index (χ3n) is 3.45. The molecule has 1 aromatic heterocycles. The van der Waals surface area contributed by atoms with Crippen LogP contribution < -0.4 is 11.2 Å². The molecule has 0 bridgehead atoms. The predicted octanol–water partition coefficient (Wildman–Crippen LogP) is 3.35. The molecule has 0 amide bonds. The maximum atomic E-state index is 12.7. The van der Waals surface area contributed by atoms with E-state index in [9.17, 15) is 4.79 Å². The summed E-state index contributed by atoms with van der Waals surface area (Å²) in [6.07, 6.45) is 0.497. The van der Waals surface area contributed by atoms with E-state index in [2.05, 4.69) is 0 Å². The molecular weight excluding hydrogens is 262 g/mol. The summed E-state index contributed by atoms with van der Waals surface area (Å²) in [5.74, 6) is 0.622. The van der Waals surface area contributed by atoms with Crippen molar-refractivity contribution in [3.8, 4) is 11.3 Å². The van der Waals surface area contributed by atoms with Crippen molar-refractivity contribution in [2.24, 2.45) is 5.73 Å². The molecule has 0 saturated heterocycles. The van der Waals surface area contributed by atoms with Gasteiger partial charge in [0.25, 0.3) is 0 Å². The Balaban J connectivity index is 2.33. The van der Waals surface area contributed by atoms with Crippen LogP contribution in [0.4, 0.5) is 0 Å². The van der Waals surface area contributed by atoms with Crippen LogP contribution in [0.15, 0.2) is 63.8 Å². The molecule has 3 aromatic rings. The van der Waals surface area contributed by atoms with Gasteiger partial charge < -0.3 is 10.2 Å². The molecule has 1 unspecified atom stereocenters. The van der Waals surface area contributed by atoms with Crippen LogP contribution in [-0.4, -0.2) is 6.04 Å². The molecule has 0 aliphatic rings. The van der Waals surface area contributed by atoms with Crippen LogP contribution in [0.2, 0.25) is 0 Å². The Morgan fingerprint density at radius 2 is 1.71 bits per heavy atom. The maximum Gasteiger partial charge on any atom is 0.196 e. The van der Waals surface area contributed by atoms with E-state index in [1.165, 1.54) is 0 Å². The van der Waals surface area contributed by atoms with Gasteiger partial charge in [-0.2, -0.15) is 0 Å². The molecule has 1 heterocycles. The van der Waals surface area contributed by atoms with Crippen LogP contribution in [0.3, 0.4) is 0 Å². The smallest absolute Gasteiger partial charge is 0.196 e. The van der Waals surface area contributed by atoms with Gasteiger partial charge in [0.05, 0.1) is 5.39 Å². The van der Waals surface area contributed by atoms with Crippen LogP contribution >= 0.6 is 0 Å². The molecule has 2 aromatic carbocycles. The third kappa shape index (κ3) is 2.60. The van der Waals surface area contributed by atoms with Crippen molar-refractivity contribution in [3.05, 3.63) is 70.4 Å². The van der Waals surface area contributed by atoms with Crippen molar-refractivity contribution in [1.29, 1.82) is 0 Å². The highest BCUT2D eigenvalue weighted by Gasteiger charge is 2.16. The molecule has 0 radical (unpaired) electrons. The van der Waals surface area contributed by atoms with E-state index in [-0.39, 0.29) is 11.5 Å². The average Bonchev–Trinajstić information content (AvgIpc) is 2.50. The van der Waals surface area contributed by atoms with Crippen LogP contribution in [0, 0.1) is 0 Å². The topological polar surface area (TPSA) is 56.2 Å². The molecular formula is C18H17NO2. The number of para-hydroxylation sites is 1. The lowest BCUT2D eigenvalue weighted by molar-refractivity contribution is 0.601. The van der Waals surface area contributed by atoms with Crippen molar-refractivity contribution >= 4 is 11.0 Å². The number of fused-ring (bicyclic) bond motifs is 1. The lowest BCUT2D eigenvalue weighted by Gasteiger charge is -2.11. The summed E-state index contributed by atoms with van der Waals surface area (Å²) in [6, 6.07) is 16.9. The molecule has 106 valence electrons. The van der Waals surface area contributed by atoms with E-state index < -0.39 is 0 Å². The van der Waals surface area contributed by atoms with E-state index in [1.54, 1.807) is 6.07 Å². The van der Waals surface area contributed by atoms with E-state index in [1.807, 2.05) is 55.5 Å². The zero-order valence-electron chi connectivity index (χ0n) is 11.9. The standard InChI is InChI=1S/C18H17NO2/c1-12(19)11-15-17(20)14-9-5-6-10-16(14)21-18(15)13-7-3-2-4-8-13/h2-10,12H,11,19H2,1H3. The fourth-order valence-electron chi connectivity index (χ4n) is 2.51. The molecule has 1 atom stereocenters. The van der Waals surface area contributed by atoms with E-state index in [0.717, 1.165) is 5.56 Å². The Morgan fingerprint density at radius 1 is 1.05 bits per heavy atom. The van der Waals surface area contributed by atoms with Crippen LogP contribution in [0.25, 0.3) is 22.3 Å². The van der Waals surface area contributed by atoms with Crippen molar-refractivity contribution in [3.63, 3.8) is 0 Å². The Labute approximate surface area is 123 Å². The lowest BCUT2D eigenvalue weighted by atomic mass is 10.00. The van der Waals surface area contributed by atoms with Gasteiger partial charge in [-0.25, -0.2) is 0 Å². The number of hydrogen-bond donors (Lipinski definition) is 1. The predicted molar refractivity (Wildman–Crippen MR) is 85.3 cm³/mol. The van der Waals surface area contributed by atoms with Crippen molar-refractivity contribution in [2.45, 2.75) is 19.4 Å². The van der Waals surface area contributed by atoms with Gasteiger partial charge >= 0.3 is 0 Å². The minimum Gasteiger partial charge on any atom is -0.456 e. The summed E-state index contributed by atoms with van der Waals surface area (Å²) in [5, 5.41) is 0.604. The van der Waals surface area contributed by atoms with Crippen LogP contribution in [-0.2, 0) is 6.42 Å². The highest BCUT2D eigenvalue weighted by Crippen LogP contribution is 2.26. The van der Waals surface area contributed by atoms with Crippen LogP contribution in [0.1, 0.15) is 12.5 Å². The monoisotopic (exact) mass is 279 g/mol. The highest BCUT2D eigenvalue weighted by molar-refractivity contribution is 5.80. The normalized spacial score (nSPS) is 12.5. The van der Waals surface area contributed by atoms with Gasteiger partial charge in [-0.05, 0) is 25.5 Å². The first-order chi connectivity index (χ1) is 10.2. The van der Waals surface area contributed by atoms with Gasteiger partial charge in [0.1, 0.15) is 11.3 Å². The van der Waals surface area contributed by atoms with Crippen molar-refractivity contribution in [1.82, 2.24) is 0 Å². The first-order valence-corrected chi connectivity index (χ1v) is 7.02. The first-order valence-electron chi connectivity index (χ1n) is 7.02. The van der Waals surface area contributed by atoms with E-state index >= 15 is 0 Å². The summed E-state index contributed by atoms with van der Waals surface area (Å²) >= 11 is 0. The molecule has 0 saturated carbocycles. The van der Waals surface area contributed by atoms with E-state index in [4.69, 9.17) is 10.2 Å². The summed E-state index contributed by atoms with van der Waals surface area (Å²) in [5.41, 5.74) is 8.06. The first kappa shape index (κ1) is 13.6. The fourth-order valence-corrected chi connectivity index (χ4v) is 2.51. The zero-order valence-corrected chi connectivity index (χ0v) is 11.9. The second-order valence-corrected chi connectivity index (χ2v) is 5.28. The summed E-state index contributed by atoms with van der Waals surface area (Å²) in [7, 11) is 0. The number of rotatable bonds is 3. The molecule has 0 fully saturated rings. The summed E-state index contributed by atoms with van der Waals surface area (Å²) in [6.45, 7) is 1.89. The fraction of sp³-hybridized carbons (Fsp3) is 0.167. The second-order valence-electron chi connectivity index (χ2n) is 5.28. The maximum absolute atomic E-state index is 12.7. The quantitative estimate of drug-likeness (QED) is 0.800.